The molecule has 0 spiro atoms. The van der Waals surface area contributed by atoms with Crippen molar-refractivity contribution >= 4 is 35.9 Å². The molecule has 0 bridgehead atoms. The number of fused-ring (bicyclic) bond motifs is 1. The molecule has 3 aromatic rings. The van der Waals surface area contributed by atoms with E-state index in [2.05, 4.69) is 29.6 Å². The number of thiazole rings is 1. The number of rotatable bonds is 7. The van der Waals surface area contributed by atoms with Crippen LogP contribution in [0.4, 0.5) is 0 Å². The van der Waals surface area contributed by atoms with Crippen molar-refractivity contribution < 1.29 is 9.53 Å². The van der Waals surface area contributed by atoms with E-state index in [1.54, 1.807) is 17.5 Å². The molecule has 0 saturated heterocycles. The molecule has 2 heterocycles. The first-order valence-electron chi connectivity index (χ1n) is 7.90. The van der Waals surface area contributed by atoms with Crippen LogP contribution in [0.5, 0.6) is 0 Å². The average Bonchev–Trinajstić information content (AvgIpc) is 3.16. The van der Waals surface area contributed by atoms with Crippen LogP contribution >= 0.6 is 11.3 Å². The van der Waals surface area contributed by atoms with Gasteiger partial charge in [-0.25, -0.2) is 9.97 Å². The summed E-state index contributed by atoms with van der Waals surface area (Å²) in [5.41, 5.74) is 4.13. The lowest BCUT2D eigenvalue weighted by Gasteiger charge is -2.16. The topological polar surface area (TPSA) is 57.0 Å². The zero-order valence-corrected chi connectivity index (χ0v) is 16.0. The van der Waals surface area contributed by atoms with E-state index in [0.717, 1.165) is 40.5 Å². The predicted molar refractivity (Wildman–Crippen MR) is 100 cm³/mol. The highest BCUT2D eigenvalue weighted by molar-refractivity contribution is 7.16. The lowest BCUT2D eigenvalue weighted by molar-refractivity contribution is 0.0882. The van der Waals surface area contributed by atoms with Gasteiger partial charge in [-0.3, -0.25) is 4.79 Å². The summed E-state index contributed by atoms with van der Waals surface area (Å²) in [5.74, 6) is 0.736. The van der Waals surface area contributed by atoms with E-state index in [1.807, 2.05) is 28.3 Å². The maximum atomic E-state index is 11.1. The van der Waals surface area contributed by atoms with E-state index in [9.17, 15) is 4.79 Å². The summed E-state index contributed by atoms with van der Waals surface area (Å²) in [6.45, 7) is 8.11. The minimum atomic E-state index is -1.11. The highest BCUT2D eigenvalue weighted by Gasteiger charge is 2.14. The van der Waals surface area contributed by atoms with E-state index in [0.29, 0.717) is 12.4 Å². The number of carbonyl (C=O) groups is 1. The molecule has 1 aromatic carbocycles. The third-order valence-corrected chi connectivity index (χ3v) is 6.25. The molecular formula is C17H21N3O2SSi. The molecule has 0 unspecified atom stereocenters. The Labute approximate surface area is 146 Å². The van der Waals surface area contributed by atoms with Gasteiger partial charge in [0.05, 0.1) is 15.7 Å². The normalized spacial score (nSPS) is 12.0. The molecular weight excluding hydrogens is 338 g/mol. The lowest BCUT2D eigenvalue weighted by Crippen LogP contribution is -2.22. The van der Waals surface area contributed by atoms with E-state index in [4.69, 9.17) is 4.74 Å². The molecule has 0 atom stereocenters. The molecule has 0 radical (unpaired) electrons. The van der Waals surface area contributed by atoms with Crippen LogP contribution in [0.15, 0.2) is 29.9 Å². The van der Waals surface area contributed by atoms with Gasteiger partial charge in [-0.2, -0.15) is 0 Å². The second-order valence-electron chi connectivity index (χ2n) is 6.96. The van der Waals surface area contributed by atoms with E-state index >= 15 is 0 Å². The first-order valence-corrected chi connectivity index (χ1v) is 12.5. The largest absolute Gasteiger partial charge is 0.361 e. The molecule has 0 aliphatic carbocycles. The van der Waals surface area contributed by atoms with Gasteiger partial charge in [0, 0.05) is 26.4 Å². The molecule has 0 amide bonds. The number of aromatic nitrogens is 3. The van der Waals surface area contributed by atoms with Crippen LogP contribution in [0.1, 0.15) is 10.5 Å². The van der Waals surface area contributed by atoms with Crippen molar-refractivity contribution in [2.45, 2.75) is 32.4 Å². The number of aldehydes is 1. The Morgan fingerprint density at radius 1 is 1.33 bits per heavy atom. The zero-order valence-electron chi connectivity index (χ0n) is 14.2. The maximum Gasteiger partial charge on any atom is 0.170 e. The molecule has 7 heteroatoms. The summed E-state index contributed by atoms with van der Waals surface area (Å²) in [4.78, 5) is 19.9. The van der Waals surface area contributed by atoms with Gasteiger partial charge in [0.15, 0.2) is 6.29 Å². The Morgan fingerprint density at radius 2 is 2.17 bits per heavy atom. The molecule has 24 heavy (non-hydrogen) atoms. The summed E-state index contributed by atoms with van der Waals surface area (Å²) < 4.78 is 8.84. The van der Waals surface area contributed by atoms with Crippen LogP contribution in [-0.4, -0.2) is 35.5 Å². The number of nitrogens with zero attached hydrogens (tertiary/aromatic N) is 3. The molecule has 0 N–H and O–H groups in total. The van der Waals surface area contributed by atoms with Gasteiger partial charge in [-0.1, -0.05) is 19.6 Å². The van der Waals surface area contributed by atoms with Gasteiger partial charge in [-0.05, 0) is 24.2 Å². The van der Waals surface area contributed by atoms with Gasteiger partial charge in [-0.15, -0.1) is 11.3 Å². The SMILES string of the molecule is C[Si](C)(C)CCOCn1cc(C=O)nc1-c1ccc2scnc2c1. The van der Waals surface area contributed by atoms with Crippen molar-refractivity contribution in [2.75, 3.05) is 6.61 Å². The number of hydrogen-bond acceptors (Lipinski definition) is 5. The minimum absolute atomic E-state index is 0.399. The number of benzene rings is 1. The zero-order chi connectivity index (χ0) is 17.2. The summed E-state index contributed by atoms with van der Waals surface area (Å²) in [5, 5.41) is 0. The van der Waals surface area contributed by atoms with Gasteiger partial charge in [0.1, 0.15) is 18.2 Å². The van der Waals surface area contributed by atoms with Gasteiger partial charge in [0.2, 0.25) is 0 Å². The number of ether oxygens (including phenoxy) is 1. The standard InChI is InChI=1S/C17H21N3O2SSi/c1-24(2,3)7-6-22-12-20-9-14(10-21)19-17(20)13-4-5-16-15(8-13)18-11-23-16/h4-5,8-11H,6-7,12H2,1-3H3. The third kappa shape index (κ3) is 3.98. The van der Waals surface area contributed by atoms with Gasteiger partial charge >= 0.3 is 0 Å². The summed E-state index contributed by atoms with van der Waals surface area (Å²) in [7, 11) is -1.11. The number of carbonyl (C=O) groups excluding carboxylic acids is 1. The van der Waals surface area contributed by atoms with Crippen LogP contribution in [0, 0.1) is 0 Å². The maximum absolute atomic E-state index is 11.1. The second-order valence-corrected chi connectivity index (χ2v) is 13.5. The quantitative estimate of drug-likeness (QED) is 0.359. The first-order chi connectivity index (χ1) is 11.5. The summed E-state index contributed by atoms with van der Waals surface area (Å²) >= 11 is 1.61. The summed E-state index contributed by atoms with van der Waals surface area (Å²) in [6.07, 6.45) is 2.51. The first kappa shape index (κ1) is 17.0. The fraction of sp³-hybridized carbons (Fsp3) is 0.353. The highest BCUT2D eigenvalue weighted by atomic mass is 32.1. The fourth-order valence-corrected chi connectivity index (χ4v) is 3.78. The molecule has 2 aromatic heterocycles. The van der Waals surface area contributed by atoms with Crippen molar-refractivity contribution in [3.8, 4) is 11.4 Å². The Balaban J connectivity index is 1.81. The third-order valence-electron chi connectivity index (χ3n) is 3.73. The van der Waals surface area contributed by atoms with Crippen molar-refractivity contribution in [1.29, 1.82) is 0 Å². The van der Waals surface area contributed by atoms with Gasteiger partial charge < -0.3 is 9.30 Å². The van der Waals surface area contributed by atoms with E-state index in [1.165, 1.54) is 0 Å². The minimum Gasteiger partial charge on any atom is -0.361 e. The number of imidazole rings is 1. The lowest BCUT2D eigenvalue weighted by atomic mass is 10.2. The van der Waals surface area contributed by atoms with Crippen molar-refractivity contribution in [3.63, 3.8) is 0 Å². The smallest absolute Gasteiger partial charge is 0.170 e. The second kappa shape index (κ2) is 6.96. The number of hydrogen-bond donors (Lipinski definition) is 0. The van der Waals surface area contributed by atoms with Crippen LogP contribution in [0.2, 0.25) is 25.7 Å². The Bertz CT molecular complexity index is 851. The molecule has 126 valence electrons. The molecule has 0 aliphatic rings. The van der Waals surface area contributed by atoms with Crippen molar-refractivity contribution in [3.05, 3.63) is 35.6 Å². The van der Waals surface area contributed by atoms with Crippen LogP contribution in [0.3, 0.4) is 0 Å². The molecule has 5 nitrogen and oxygen atoms in total. The van der Waals surface area contributed by atoms with Crippen LogP contribution in [-0.2, 0) is 11.5 Å². The molecule has 0 fully saturated rings. The van der Waals surface area contributed by atoms with Crippen LogP contribution in [0.25, 0.3) is 21.6 Å². The van der Waals surface area contributed by atoms with E-state index < -0.39 is 8.07 Å². The Morgan fingerprint density at radius 3 is 2.92 bits per heavy atom. The van der Waals surface area contributed by atoms with Crippen molar-refractivity contribution in [2.24, 2.45) is 0 Å². The van der Waals surface area contributed by atoms with Gasteiger partial charge in [0.25, 0.3) is 0 Å². The molecule has 0 saturated carbocycles. The highest BCUT2D eigenvalue weighted by Crippen LogP contribution is 2.25. The van der Waals surface area contributed by atoms with Crippen molar-refractivity contribution in [1.82, 2.24) is 14.5 Å². The predicted octanol–water partition coefficient (Wildman–Crippen LogP) is 4.28. The average molecular weight is 360 g/mol. The Hall–Kier alpha value is -1.83. The summed E-state index contributed by atoms with van der Waals surface area (Å²) in [6, 6.07) is 7.16. The Kier molecular flexibility index (Phi) is 4.93. The van der Waals surface area contributed by atoms with Crippen LogP contribution < -0.4 is 0 Å². The van der Waals surface area contributed by atoms with E-state index in [-0.39, 0.29) is 0 Å². The molecule has 0 aliphatic heterocycles. The molecule has 3 rings (SSSR count). The fourth-order valence-electron chi connectivity index (χ4n) is 2.36. The monoisotopic (exact) mass is 359 g/mol.